The van der Waals surface area contributed by atoms with Gasteiger partial charge in [0.25, 0.3) is 5.91 Å². The highest BCUT2D eigenvalue weighted by molar-refractivity contribution is 14.1. The lowest BCUT2D eigenvalue weighted by atomic mass is 9.86. The predicted octanol–water partition coefficient (Wildman–Crippen LogP) is 2.28. The molecule has 1 aromatic carbocycles. The molecule has 0 aliphatic heterocycles. The molecule has 4 nitrogen and oxygen atoms in total. The quantitative estimate of drug-likeness (QED) is 0.710. The third kappa shape index (κ3) is 3.82. The highest BCUT2D eigenvalue weighted by Gasteiger charge is 2.23. The summed E-state index contributed by atoms with van der Waals surface area (Å²) in [6.07, 6.45) is 3.65. The van der Waals surface area contributed by atoms with Crippen LogP contribution in [0.15, 0.2) is 18.2 Å². The minimum Gasteiger partial charge on any atom is -0.507 e. The molecule has 3 N–H and O–H groups in total. The van der Waals surface area contributed by atoms with Gasteiger partial charge in [-0.3, -0.25) is 4.79 Å². The molecule has 1 aliphatic rings. The van der Waals surface area contributed by atoms with Crippen LogP contribution in [-0.2, 0) is 0 Å². The maximum absolute atomic E-state index is 12.0. The maximum Gasteiger partial charge on any atom is 0.251 e. The van der Waals surface area contributed by atoms with Gasteiger partial charge in [-0.2, -0.15) is 0 Å². The molecule has 19 heavy (non-hydrogen) atoms. The maximum atomic E-state index is 12.0. The number of phenols is 1. The van der Waals surface area contributed by atoms with Crippen molar-refractivity contribution >= 4 is 28.5 Å². The molecule has 2 unspecified atom stereocenters. The van der Waals surface area contributed by atoms with E-state index >= 15 is 0 Å². The highest BCUT2D eigenvalue weighted by Crippen LogP contribution is 2.24. The zero-order valence-corrected chi connectivity index (χ0v) is 12.8. The molecule has 2 rings (SSSR count). The van der Waals surface area contributed by atoms with Crippen LogP contribution in [-0.4, -0.2) is 28.8 Å². The second kappa shape index (κ2) is 6.56. The average Bonchev–Trinajstić information content (AvgIpc) is 2.40. The van der Waals surface area contributed by atoms with E-state index in [1.807, 2.05) is 22.6 Å². The molecule has 0 heterocycles. The minimum absolute atomic E-state index is 0.117. The molecular formula is C14H18INO3. The van der Waals surface area contributed by atoms with Crippen LogP contribution < -0.4 is 5.32 Å². The second-order valence-electron chi connectivity index (χ2n) is 4.99. The van der Waals surface area contributed by atoms with Crippen LogP contribution in [0.3, 0.4) is 0 Å². The number of hydrogen-bond acceptors (Lipinski definition) is 3. The smallest absolute Gasteiger partial charge is 0.251 e. The number of hydrogen-bond donors (Lipinski definition) is 3. The number of amides is 1. The first-order chi connectivity index (χ1) is 9.08. The number of aromatic hydroxyl groups is 1. The van der Waals surface area contributed by atoms with Crippen molar-refractivity contribution in [3.8, 4) is 5.75 Å². The Morgan fingerprint density at radius 2 is 2.11 bits per heavy atom. The van der Waals surface area contributed by atoms with E-state index in [4.69, 9.17) is 0 Å². The van der Waals surface area contributed by atoms with Crippen LogP contribution in [0.25, 0.3) is 0 Å². The fraction of sp³-hybridized carbons (Fsp3) is 0.500. The molecule has 0 radical (unpaired) electrons. The second-order valence-corrected chi connectivity index (χ2v) is 6.15. The number of nitrogens with one attached hydrogen (secondary N) is 1. The van der Waals surface area contributed by atoms with Gasteiger partial charge >= 0.3 is 0 Å². The van der Waals surface area contributed by atoms with Crippen molar-refractivity contribution in [1.29, 1.82) is 0 Å². The largest absolute Gasteiger partial charge is 0.507 e. The number of phenolic OH excluding ortho intramolecular Hbond substituents is 1. The number of aliphatic hydroxyl groups excluding tert-OH is 1. The minimum atomic E-state index is -0.306. The molecule has 5 heteroatoms. The van der Waals surface area contributed by atoms with Gasteiger partial charge in [-0.15, -0.1) is 0 Å². The molecular weight excluding hydrogens is 357 g/mol. The van der Waals surface area contributed by atoms with Crippen molar-refractivity contribution in [2.45, 2.75) is 31.8 Å². The van der Waals surface area contributed by atoms with Gasteiger partial charge in [0.15, 0.2) is 0 Å². The number of aliphatic hydroxyl groups is 1. The summed E-state index contributed by atoms with van der Waals surface area (Å²) in [5.41, 5.74) is 0.447. The summed E-state index contributed by atoms with van der Waals surface area (Å²) in [4.78, 5) is 12.0. The zero-order chi connectivity index (χ0) is 13.8. The molecule has 2 atom stereocenters. The molecule has 0 bridgehead atoms. The number of halogens is 1. The molecule has 1 amide bonds. The first-order valence-corrected chi connectivity index (χ1v) is 7.60. The molecule has 104 valence electrons. The molecule has 1 aliphatic carbocycles. The van der Waals surface area contributed by atoms with Gasteiger partial charge in [-0.05, 0) is 53.6 Å². The summed E-state index contributed by atoms with van der Waals surface area (Å²) in [5.74, 6) is 0.0607. The third-order valence-electron chi connectivity index (χ3n) is 3.60. The van der Waals surface area contributed by atoms with E-state index in [0.29, 0.717) is 12.1 Å². The van der Waals surface area contributed by atoms with Crippen LogP contribution >= 0.6 is 22.6 Å². The lowest BCUT2D eigenvalue weighted by Gasteiger charge is -2.27. The van der Waals surface area contributed by atoms with Crippen molar-refractivity contribution < 1.29 is 15.0 Å². The van der Waals surface area contributed by atoms with Crippen LogP contribution in [0.5, 0.6) is 5.75 Å². The fourth-order valence-electron chi connectivity index (χ4n) is 2.41. The number of benzene rings is 1. The normalized spacial score (nSPS) is 23.1. The van der Waals surface area contributed by atoms with Crippen molar-refractivity contribution in [3.05, 3.63) is 27.3 Å². The Morgan fingerprint density at radius 1 is 1.37 bits per heavy atom. The number of rotatable bonds is 3. The van der Waals surface area contributed by atoms with Gasteiger partial charge in [0.2, 0.25) is 0 Å². The summed E-state index contributed by atoms with van der Waals surface area (Å²) < 4.78 is 0.719. The Bertz CT molecular complexity index is 464. The Kier molecular flexibility index (Phi) is 5.04. The van der Waals surface area contributed by atoms with E-state index in [9.17, 15) is 15.0 Å². The van der Waals surface area contributed by atoms with Crippen LogP contribution in [0.2, 0.25) is 0 Å². The first kappa shape index (κ1) is 14.6. The number of carbonyl (C=O) groups excluding carboxylic acids is 1. The Balaban J connectivity index is 1.91. The van der Waals surface area contributed by atoms with Gasteiger partial charge in [-0.25, -0.2) is 0 Å². The SMILES string of the molecule is O=C(NCC1CCCCC1O)c1ccc(I)c(O)c1. The molecule has 1 fully saturated rings. The van der Waals surface area contributed by atoms with Crippen LogP contribution in [0, 0.1) is 9.49 Å². The summed E-state index contributed by atoms with van der Waals surface area (Å²) in [5, 5.41) is 22.3. The molecule has 0 aromatic heterocycles. The van der Waals surface area contributed by atoms with Crippen LogP contribution in [0.1, 0.15) is 36.0 Å². The number of carbonyl (C=O) groups is 1. The van der Waals surface area contributed by atoms with E-state index < -0.39 is 0 Å². The molecule has 0 saturated heterocycles. The van der Waals surface area contributed by atoms with Gasteiger partial charge in [0, 0.05) is 18.0 Å². The van der Waals surface area contributed by atoms with Crippen molar-refractivity contribution in [3.63, 3.8) is 0 Å². The van der Waals surface area contributed by atoms with Crippen molar-refractivity contribution in [2.24, 2.45) is 5.92 Å². The van der Waals surface area contributed by atoms with Gasteiger partial charge in [0.1, 0.15) is 5.75 Å². The van der Waals surface area contributed by atoms with Gasteiger partial charge in [-0.1, -0.05) is 12.8 Å². The topological polar surface area (TPSA) is 69.6 Å². The average molecular weight is 375 g/mol. The van der Waals surface area contributed by atoms with Gasteiger partial charge < -0.3 is 15.5 Å². The van der Waals surface area contributed by atoms with Gasteiger partial charge in [0.05, 0.1) is 9.67 Å². The zero-order valence-electron chi connectivity index (χ0n) is 10.6. The van der Waals surface area contributed by atoms with E-state index in [1.165, 1.54) is 6.07 Å². The third-order valence-corrected chi connectivity index (χ3v) is 4.51. The Morgan fingerprint density at radius 3 is 2.79 bits per heavy atom. The van der Waals surface area contributed by atoms with Crippen molar-refractivity contribution in [1.82, 2.24) is 5.32 Å². The Hall–Kier alpha value is -0.820. The lowest BCUT2D eigenvalue weighted by Crippen LogP contribution is -2.36. The van der Waals surface area contributed by atoms with E-state index in [1.54, 1.807) is 12.1 Å². The fourth-order valence-corrected chi connectivity index (χ4v) is 2.74. The Labute approximate surface area is 126 Å². The first-order valence-electron chi connectivity index (χ1n) is 6.52. The summed E-state index contributed by atoms with van der Waals surface area (Å²) in [6.45, 7) is 0.493. The van der Waals surface area contributed by atoms with Crippen molar-refractivity contribution in [2.75, 3.05) is 6.54 Å². The van der Waals surface area contributed by atoms with E-state index in [2.05, 4.69) is 5.32 Å². The molecule has 0 spiro atoms. The predicted molar refractivity (Wildman–Crippen MR) is 81.1 cm³/mol. The summed E-state index contributed by atoms with van der Waals surface area (Å²) in [6, 6.07) is 4.86. The summed E-state index contributed by atoms with van der Waals surface area (Å²) >= 11 is 2.01. The van der Waals surface area contributed by atoms with E-state index in [-0.39, 0.29) is 23.7 Å². The van der Waals surface area contributed by atoms with E-state index in [0.717, 1.165) is 29.3 Å². The highest BCUT2D eigenvalue weighted by atomic mass is 127. The summed E-state index contributed by atoms with van der Waals surface area (Å²) in [7, 11) is 0. The molecule has 1 saturated carbocycles. The lowest BCUT2D eigenvalue weighted by molar-refractivity contribution is 0.0663. The standard InChI is InChI=1S/C14H18INO3/c15-11-6-5-9(7-13(11)18)14(19)16-8-10-3-1-2-4-12(10)17/h5-7,10,12,17-18H,1-4,8H2,(H,16,19). The van der Waals surface area contributed by atoms with Crippen LogP contribution in [0.4, 0.5) is 0 Å². The molecule has 1 aromatic rings. The monoisotopic (exact) mass is 375 g/mol.